The molecule has 2 nitrogen and oxygen atoms in total. The Labute approximate surface area is 121 Å². The van der Waals surface area contributed by atoms with Crippen molar-refractivity contribution in [1.29, 1.82) is 0 Å². The molecule has 3 rings (SSSR count). The monoisotopic (exact) mass is 294 g/mol. The van der Waals surface area contributed by atoms with Crippen molar-refractivity contribution < 1.29 is 8.78 Å². The van der Waals surface area contributed by atoms with Crippen molar-refractivity contribution >= 4 is 16.5 Å². The Morgan fingerprint density at radius 2 is 2.15 bits per heavy atom. The van der Waals surface area contributed by atoms with E-state index in [1.54, 1.807) is 17.4 Å². The van der Waals surface area contributed by atoms with E-state index in [4.69, 9.17) is 0 Å². The van der Waals surface area contributed by atoms with Gasteiger partial charge in [-0.25, -0.2) is 13.8 Å². The number of anilines is 1. The number of hydrogen-bond donors (Lipinski definition) is 0. The summed E-state index contributed by atoms with van der Waals surface area (Å²) in [4.78, 5) is 6.84. The molecule has 20 heavy (non-hydrogen) atoms. The molecule has 0 radical (unpaired) electrons. The maximum atomic E-state index is 13.3. The maximum Gasteiger partial charge on any atom is 0.185 e. The summed E-state index contributed by atoms with van der Waals surface area (Å²) in [6, 6.07) is 3.91. The van der Waals surface area contributed by atoms with Crippen LogP contribution in [0.5, 0.6) is 0 Å². The average molecular weight is 294 g/mol. The summed E-state index contributed by atoms with van der Waals surface area (Å²) < 4.78 is 26.2. The standard InChI is InChI=1S/C15H16F2N2S/c1-10-3-2-6-19(8-10)15-18-14(9-20-15)11-4-5-12(16)13(17)7-11/h4-5,7,9-10H,2-3,6,8H2,1H3. The molecule has 0 saturated carbocycles. The molecule has 1 aliphatic rings. The first-order valence-electron chi connectivity index (χ1n) is 6.79. The first-order valence-corrected chi connectivity index (χ1v) is 7.67. The summed E-state index contributed by atoms with van der Waals surface area (Å²) in [5, 5.41) is 2.87. The number of piperidine rings is 1. The first kappa shape index (κ1) is 13.5. The lowest BCUT2D eigenvalue weighted by molar-refractivity contribution is 0.446. The van der Waals surface area contributed by atoms with Crippen molar-refractivity contribution in [2.75, 3.05) is 18.0 Å². The Morgan fingerprint density at radius 3 is 2.90 bits per heavy atom. The zero-order valence-corrected chi connectivity index (χ0v) is 12.1. The topological polar surface area (TPSA) is 16.1 Å². The van der Waals surface area contributed by atoms with Gasteiger partial charge in [-0.1, -0.05) is 6.92 Å². The van der Waals surface area contributed by atoms with Crippen LogP contribution in [0.2, 0.25) is 0 Å². The van der Waals surface area contributed by atoms with Gasteiger partial charge in [0, 0.05) is 24.0 Å². The molecule has 0 amide bonds. The second kappa shape index (κ2) is 5.48. The molecule has 2 heterocycles. The zero-order valence-electron chi connectivity index (χ0n) is 11.3. The van der Waals surface area contributed by atoms with Crippen LogP contribution in [-0.2, 0) is 0 Å². The van der Waals surface area contributed by atoms with Crippen LogP contribution in [0.25, 0.3) is 11.3 Å². The Balaban J connectivity index is 1.84. The molecule has 0 bridgehead atoms. The van der Waals surface area contributed by atoms with Crippen LogP contribution >= 0.6 is 11.3 Å². The fourth-order valence-corrected chi connectivity index (χ4v) is 3.43. The Kier molecular flexibility index (Phi) is 3.70. The van der Waals surface area contributed by atoms with Crippen molar-refractivity contribution in [3.63, 3.8) is 0 Å². The smallest absolute Gasteiger partial charge is 0.185 e. The molecule has 0 aliphatic carbocycles. The number of hydrogen-bond acceptors (Lipinski definition) is 3. The van der Waals surface area contributed by atoms with Gasteiger partial charge in [-0.15, -0.1) is 11.3 Å². The number of aromatic nitrogens is 1. The Bertz CT molecular complexity index is 612. The largest absolute Gasteiger partial charge is 0.348 e. The van der Waals surface area contributed by atoms with Gasteiger partial charge in [0.25, 0.3) is 0 Å². The maximum absolute atomic E-state index is 13.3. The number of nitrogens with zero attached hydrogens (tertiary/aromatic N) is 2. The van der Waals surface area contributed by atoms with E-state index in [-0.39, 0.29) is 0 Å². The van der Waals surface area contributed by atoms with E-state index >= 15 is 0 Å². The highest BCUT2D eigenvalue weighted by atomic mass is 32.1. The number of rotatable bonds is 2. The van der Waals surface area contributed by atoms with E-state index in [2.05, 4.69) is 16.8 Å². The van der Waals surface area contributed by atoms with Gasteiger partial charge in [0.1, 0.15) is 0 Å². The summed E-state index contributed by atoms with van der Waals surface area (Å²) in [6.07, 6.45) is 2.44. The van der Waals surface area contributed by atoms with E-state index in [0.29, 0.717) is 17.2 Å². The average Bonchev–Trinajstić information content (AvgIpc) is 2.92. The summed E-state index contributed by atoms with van der Waals surface area (Å²) in [7, 11) is 0. The third-order valence-corrected chi connectivity index (χ3v) is 4.54. The molecule has 1 saturated heterocycles. The molecule has 1 atom stereocenters. The highest BCUT2D eigenvalue weighted by molar-refractivity contribution is 7.14. The number of benzene rings is 1. The summed E-state index contributed by atoms with van der Waals surface area (Å²) >= 11 is 1.56. The van der Waals surface area contributed by atoms with Crippen molar-refractivity contribution in [2.45, 2.75) is 19.8 Å². The normalized spacial score (nSPS) is 19.4. The lowest BCUT2D eigenvalue weighted by Gasteiger charge is -2.30. The van der Waals surface area contributed by atoms with Crippen molar-refractivity contribution in [3.05, 3.63) is 35.2 Å². The molecule has 0 N–H and O–H groups in total. The molecular formula is C15H16F2N2S. The molecule has 1 aliphatic heterocycles. The van der Waals surface area contributed by atoms with Crippen LogP contribution in [0, 0.1) is 17.6 Å². The van der Waals surface area contributed by atoms with Crippen LogP contribution in [-0.4, -0.2) is 18.1 Å². The second-order valence-corrected chi connectivity index (χ2v) is 6.17. The van der Waals surface area contributed by atoms with E-state index in [1.807, 2.05) is 5.38 Å². The highest BCUT2D eigenvalue weighted by Crippen LogP contribution is 2.30. The van der Waals surface area contributed by atoms with Gasteiger partial charge in [0.05, 0.1) is 5.69 Å². The Hall–Kier alpha value is -1.49. The van der Waals surface area contributed by atoms with E-state index in [0.717, 1.165) is 24.3 Å². The molecule has 1 aromatic carbocycles. The van der Waals surface area contributed by atoms with Crippen molar-refractivity contribution in [2.24, 2.45) is 5.92 Å². The second-order valence-electron chi connectivity index (χ2n) is 5.34. The van der Waals surface area contributed by atoms with Crippen molar-refractivity contribution in [1.82, 2.24) is 4.98 Å². The van der Waals surface area contributed by atoms with Gasteiger partial charge in [-0.05, 0) is 37.0 Å². The van der Waals surface area contributed by atoms with Gasteiger partial charge in [0.15, 0.2) is 16.8 Å². The lowest BCUT2D eigenvalue weighted by atomic mass is 10.0. The first-order chi connectivity index (χ1) is 9.63. The van der Waals surface area contributed by atoms with Crippen LogP contribution in [0.1, 0.15) is 19.8 Å². The molecule has 1 fully saturated rings. The van der Waals surface area contributed by atoms with Crippen molar-refractivity contribution in [3.8, 4) is 11.3 Å². The predicted octanol–water partition coefficient (Wildman–Crippen LogP) is 4.32. The SMILES string of the molecule is CC1CCCN(c2nc(-c3ccc(F)c(F)c3)cs2)C1. The molecule has 0 spiro atoms. The Morgan fingerprint density at radius 1 is 1.30 bits per heavy atom. The third kappa shape index (κ3) is 2.68. The van der Waals surface area contributed by atoms with E-state index < -0.39 is 11.6 Å². The fraction of sp³-hybridized carbons (Fsp3) is 0.400. The quantitative estimate of drug-likeness (QED) is 0.820. The highest BCUT2D eigenvalue weighted by Gasteiger charge is 2.19. The summed E-state index contributed by atoms with van der Waals surface area (Å²) in [5.41, 5.74) is 1.33. The summed E-state index contributed by atoms with van der Waals surface area (Å²) in [5.74, 6) is -0.975. The molecule has 5 heteroatoms. The zero-order chi connectivity index (χ0) is 14.1. The van der Waals surface area contributed by atoms with Crippen LogP contribution in [0.15, 0.2) is 23.6 Å². The molecule has 2 aromatic rings. The fourth-order valence-electron chi connectivity index (χ4n) is 2.56. The van der Waals surface area contributed by atoms with E-state index in [9.17, 15) is 8.78 Å². The number of halogens is 2. The minimum Gasteiger partial charge on any atom is -0.348 e. The van der Waals surface area contributed by atoms with E-state index in [1.165, 1.54) is 18.9 Å². The minimum absolute atomic E-state index is 0.622. The summed E-state index contributed by atoms with van der Waals surface area (Å²) in [6.45, 7) is 4.29. The van der Waals surface area contributed by atoms with Crippen LogP contribution in [0.3, 0.4) is 0 Å². The molecular weight excluding hydrogens is 278 g/mol. The predicted molar refractivity (Wildman–Crippen MR) is 78.1 cm³/mol. The van der Waals surface area contributed by atoms with Gasteiger partial charge >= 0.3 is 0 Å². The van der Waals surface area contributed by atoms with Gasteiger partial charge < -0.3 is 4.90 Å². The van der Waals surface area contributed by atoms with Gasteiger partial charge in [0.2, 0.25) is 0 Å². The van der Waals surface area contributed by atoms with Gasteiger partial charge in [-0.3, -0.25) is 0 Å². The van der Waals surface area contributed by atoms with Gasteiger partial charge in [-0.2, -0.15) is 0 Å². The molecule has 1 unspecified atom stereocenters. The van der Waals surface area contributed by atoms with Crippen LogP contribution < -0.4 is 4.90 Å². The molecule has 106 valence electrons. The molecule has 1 aromatic heterocycles. The van der Waals surface area contributed by atoms with Crippen LogP contribution in [0.4, 0.5) is 13.9 Å². The number of thiazole rings is 1. The third-order valence-electron chi connectivity index (χ3n) is 3.63. The lowest BCUT2D eigenvalue weighted by Crippen LogP contribution is -2.34. The minimum atomic E-state index is -0.830.